The minimum atomic E-state index is 1.14. The molecule has 0 aliphatic carbocycles. The number of hydrogen-bond acceptors (Lipinski definition) is 2. The zero-order valence-corrected chi connectivity index (χ0v) is 45.5. The van der Waals surface area contributed by atoms with Gasteiger partial charge in [0.05, 0.1) is 44.1 Å². The molecule has 12 aromatic carbocycles. The van der Waals surface area contributed by atoms with E-state index in [1.54, 1.807) is 0 Å². The second-order valence-electron chi connectivity index (χ2n) is 22.4. The molecule has 0 radical (unpaired) electrons. The van der Waals surface area contributed by atoms with Gasteiger partial charge in [-0.2, -0.15) is 0 Å². The van der Waals surface area contributed by atoms with Crippen molar-refractivity contribution >= 4 is 183 Å². The molecule has 8 heterocycles. The molecule has 6 heteroatoms. The Bertz CT molecular complexity index is 6260. The van der Waals surface area contributed by atoms with Crippen molar-refractivity contribution in [2.24, 2.45) is 0 Å². The summed E-state index contributed by atoms with van der Waals surface area (Å²) in [7, 11) is 0. The highest BCUT2D eigenvalue weighted by Gasteiger charge is 2.24. The molecule has 0 aliphatic rings. The van der Waals surface area contributed by atoms with Gasteiger partial charge in [-0.15, -0.1) is 22.7 Å². The third-order valence-electron chi connectivity index (χ3n) is 18.2. The van der Waals surface area contributed by atoms with Crippen LogP contribution in [0.2, 0.25) is 0 Å². The highest BCUT2D eigenvalue weighted by molar-refractivity contribution is 7.26. The summed E-state index contributed by atoms with van der Waals surface area (Å²) in [6, 6.07) is 91.2. The Kier molecular flexibility index (Phi) is 8.39. The Balaban J connectivity index is 0.813. The molecule has 0 atom stereocenters. The third-order valence-corrected chi connectivity index (χ3v) is 20.5. The van der Waals surface area contributed by atoms with Gasteiger partial charge in [0.2, 0.25) is 0 Å². The van der Waals surface area contributed by atoms with Crippen molar-refractivity contribution < 1.29 is 0 Å². The van der Waals surface area contributed by atoms with Crippen molar-refractivity contribution in [3.05, 3.63) is 255 Å². The number of pyridine rings is 2. The number of aromatic nitrogens is 4. The van der Waals surface area contributed by atoms with Crippen molar-refractivity contribution in [3.8, 4) is 22.5 Å². The fourth-order valence-corrected chi connectivity index (χ4v) is 17.1. The minimum absolute atomic E-state index is 1.14. The van der Waals surface area contributed by atoms with E-state index < -0.39 is 0 Å². The van der Waals surface area contributed by atoms with E-state index in [-0.39, 0.29) is 0 Å². The Morgan fingerprint density at radius 2 is 0.659 bits per heavy atom. The van der Waals surface area contributed by atoms with E-state index in [1.165, 1.54) is 171 Å². The molecule has 0 unspecified atom stereocenters. The van der Waals surface area contributed by atoms with E-state index >= 15 is 0 Å². The van der Waals surface area contributed by atoms with Crippen molar-refractivity contribution in [2.45, 2.75) is 0 Å². The highest BCUT2D eigenvalue weighted by Crippen LogP contribution is 2.48. The first kappa shape index (κ1) is 43.6. The molecule has 0 amide bonds. The second-order valence-corrected chi connectivity index (χ2v) is 24.5. The lowest BCUT2D eigenvalue weighted by Gasteiger charge is -2.15. The second kappa shape index (κ2) is 15.8. The normalized spacial score (nSPS) is 12.6. The summed E-state index contributed by atoms with van der Waals surface area (Å²) in [6.45, 7) is 0. The Morgan fingerprint density at radius 1 is 0.220 bits per heavy atom. The van der Waals surface area contributed by atoms with Crippen molar-refractivity contribution in [2.75, 3.05) is 0 Å². The number of thiophene rings is 2. The van der Waals surface area contributed by atoms with Crippen LogP contribution in [0.25, 0.3) is 182 Å². The lowest BCUT2D eigenvalue weighted by Crippen LogP contribution is -1.98. The summed E-state index contributed by atoms with van der Waals surface area (Å²) in [5, 5.41) is 22.8. The number of para-hydroxylation sites is 3. The minimum Gasteiger partial charge on any atom is -0.313 e. The quantitative estimate of drug-likeness (QED) is 0.157. The van der Waals surface area contributed by atoms with E-state index in [9.17, 15) is 0 Å². The first-order valence-corrected chi connectivity index (χ1v) is 29.8. The SMILES string of the molecule is c1ccc(-n2c3ccccc3c3ccc4c5cc6sc7cc(-c8cccc(-n9c%10ccccc%10c%10ccc%11c%12cc%13c(cc%12c%12c%14ccccc%14cn%12c%11c%109)sc9ccccc9%13)c8)ccc7c6cc5c5c6ccccc6cn5c4c32)cc1. The Hall–Kier alpha value is -10.2. The monoisotopic (exact) mass is 1070 g/mol. The molecule has 20 rings (SSSR count). The van der Waals surface area contributed by atoms with Gasteiger partial charge in [0.15, 0.2) is 0 Å². The largest absolute Gasteiger partial charge is 0.313 e. The number of benzene rings is 12. The van der Waals surface area contributed by atoms with Gasteiger partial charge in [-0.25, -0.2) is 0 Å². The standard InChI is InChI=1S/C76H42N4S2/c1-2-18-47(19-3-1)79-65-26-11-8-23-51(65)55-32-34-58-60-39-69-62(38-63(60)71-49-21-6-4-15-45(49)41-77(71)74(58)75(55)79)54-30-29-44(36-68(54)82-69)43-17-14-20-48(35-43)80-66-27-12-9-24-52(66)56-31-33-57-59-37-61-53-25-10-13-28-67(53)81-70(61)40-64(59)72-50-22-7-5-16-46(50)42-78(72)73(57)76(56)80/h1-42H. The summed E-state index contributed by atoms with van der Waals surface area (Å²) < 4.78 is 15.3. The molecule has 20 aromatic rings. The molecule has 378 valence electrons. The van der Waals surface area contributed by atoms with Crippen LogP contribution in [0.3, 0.4) is 0 Å². The summed E-state index contributed by atoms with van der Waals surface area (Å²) in [5.41, 5.74) is 14.5. The lowest BCUT2D eigenvalue weighted by molar-refractivity contribution is 1.17. The number of rotatable bonds is 3. The van der Waals surface area contributed by atoms with Gasteiger partial charge < -0.3 is 17.9 Å². The van der Waals surface area contributed by atoms with Crippen LogP contribution in [0.4, 0.5) is 0 Å². The van der Waals surface area contributed by atoms with Crippen LogP contribution in [-0.4, -0.2) is 17.9 Å². The number of nitrogens with zero attached hydrogens (tertiary/aromatic N) is 4. The first-order chi connectivity index (χ1) is 40.7. The van der Waals surface area contributed by atoms with Crippen molar-refractivity contribution in [1.29, 1.82) is 0 Å². The molecule has 4 nitrogen and oxygen atoms in total. The van der Waals surface area contributed by atoms with E-state index in [0.29, 0.717) is 0 Å². The van der Waals surface area contributed by atoms with Crippen molar-refractivity contribution in [1.82, 2.24) is 17.9 Å². The average Bonchev–Trinajstić information content (AvgIpc) is 3.48. The number of fused-ring (bicyclic) bond motifs is 30. The van der Waals surface area contributed by atoms with Crippen LogP contribution in [0.1, 0.15) is 0 Å². The van der Waals surface area contributed by atoms with Gasteiger partial charge in [-0.05, 0) is 94.7 Å². The summed E-state index contributed by atoms with van der Waals surface area (Å²) >= 11 is 3.80. The summed E-state index contributed by atoms with van der Waals surface area (Å²) in [6.07, 6.45) is 4.74. The van der Waals surface area contributed by atoms with Gasteiger partial charge in [0.1, 0.15) is 0 Å². The van der Waals surface area contributed by atoms with Crippen LogP contribution < -0.4 is 0 Å². The predicted octanol–water partition coefficient (Wildman–Crippen LogP) is 21.7. The van der Waals surface area contributed by atoms with E-state index in [0.717, 1.165) is 11.4 Å². The molecule has 8 aromatic heterocycles. The topological polar surface area (TPSA) is 18.7 Å². The van der Waals surface area contributed by atoms with Gasteiger partial charge >= 0.3 is 0 Å². The molecule has 0 aliphatic heterocycles. The maximum absolute atomic E-state index is 2.54. The average molecular weight is 1080 g/mol. The fourth-order valence-electron chi connectivity index (χ4n) is 14.8. The maximum atomic E-state index is 2.54. The molecule has 0 saturated carbocycles. The van der Waals surface area contributed by atoms with Crippen LogP contribution >= 0.6 is 22.7 Å². The van der Waals surface area contributed by atoms with E-state index in [2.05, 4.69) is 273 Å². The van der Waals surface area contributed by atoms with Crippen LogP contribution in [0.15, 0.2) is 255 Å². The van der Waals surface area contributed by atoms with Gasteiger partial charge in [-0.3, -0.25) is 0 Å². The van der Waals surface area contributed by atoms with E-state index in [1.807, 2.05) is 22.7 Å². The molecule has 0 fully saturated rings. The van der Waals surface area contributed by atoms with Crippen molar-refractivity contribution in [3.63, 3.8) is 0 Å². The molecular weight excluding hydrogens is 1030 g/mol. The first-order valence-electron chi connectivity index (χ1n) is 28.1. The van der Waals surface area contributed by atoms with Crippen LogP contribution in [-0.2, 0) is 0 Å². The summed E-state index contributed by atoms with van der Waals surface area (Å²) in [4.78, 5) is 0. The van der Waals surface area contributed by atoms with Crippen LogP contribution in [0.5, 0.6) is 0 Å². The van der Waals surface area contributed by atoms with Gasteiger partial charge in [0.25, 0.3) is 0 Å². The molecule has 0 N–H and O–H groups in total. The lowest BCUT2D eigenvalue weighted by atomic mass is 9.98. The molecule has 0 bridgehead atoms. The Labute approximate surface area is 475 Å². The maximum Gasteiger partial charge on any atom is 0.0788 e. The van der Waals surface area contributed by atoms with Gasteiger partial charge in [0, 0.05) is 129 Å². The third kappa shape index (κ3) is 5.64. The zero-order chi connectivity index (χ0) is 53.1. The zero-order valence-electron chi connectivity index (χ0n) is 43.9. The number of hydrogen-bond donors (Lipinski definition) is 0. The Morgan fingerprint density at radius 3 is 1.32 bits per heavy atom. The highest BCUT2D eigenvalue weighted by atomic mass is 32.1. The molecule has 82 heavy (non-hydrogen) atoms. The molecular formula is C76H42N4S2. The van der Waals surface area contributed by atoms with Gasteiger partial charge in [-0.1, -0.05) is 170 Å². The van der Waals surface area contributed by atoms with E-state index in [4.69, 9.17) is 0 Å². The smallest absolute Gasteiger partial charge is 0.0788 e. The fraction of sp³-hybridized carbons (Fsp3) is 0. The molecule has 0 saturated heterocycles. The predicted molar refractivity (Wildman–Crippen MR) is 353 cm³/mol. The van der Waals surface area contributed by atoms with Crippen LogP contribution in [0, 0.1) is 0 Å². The molecule has 0 spiro atoms. The summed E-state index contributed by atoms with van der Waals surface area (Å²) in [5.74, 6) is 0.